The van der Waals surface area contributed by atoms with E-state index < -0.39 is 5.41 Å². The third kappa shape index (κ3) is 3.53. The van der Waals surface area contributed by atoms with Gasteiger partial charge < -0.3 is 24.9 Å². The van der Waals surface area contributed by atoms with Gasteiger partial charge in [0.2, 0.25) is 0 Å². The van der Waals surface area contributed by atoms with Crippen LogP contribution in [0.4, 0.5) is 5.82 Å². The average molecular weight is 336 g/mol. The number of fused-ring (bicyclic) bond motifs is 1. The highest BCUT2D eigenvalue weighted by atomic mass is 16.5. The number of hydrogen-bond donors (Lipinski definition) is 2. The molecule has 24 heavy (non-hydrogen) atoms. The van der Waals surface area contributed by atoms with Crippen LogP contribution in [0.15, 0.2) is 0 Å². The number of rotatable bonds is 8. The Bertz CT molecular complexity index is 714. The minimum Gasteiger partial charge on any atom is -0.396 e. The Morgan fingerprint density at radius 1 is 1.29 bits per heavy atom. The van der Waals surface area contributed by atoms with E-state index in [2.05, 4.69) is 14.5 Å². The van der Waals surface area contributed by atoms with Crippen LogP contribution in [-0.4, -0.2) is 46.6 Å². The summed E-state index contributed by atoms with van der Waals surface area (Å²) in [6.07, 6.45) is 0. The summed E-state index contributed by atoms with van der Waals surface area (Å²) in [4.78, 5) is 9.03. The van der Waals surface area contributed by atoms with Crippen LogP contribution in [0, 0.1) is 19.3 Å². The Balaban J connectivity index is 2.63. The Morgan fingerprint density at radius 2 is 2.00 bits per heavy atom. The summed E-state index contributed by atoms with van der Waals surface area (Å²) in [6.45, 7) is 9.87. The highest BCUT2D eigenvalue weighted by molar-refractivity contribution is 5.88. The molecule has 2 aromatic rings. The molecule has 0 aliphatic rings. The maximum Gasteiger partial charge on any atom is 0.151 e. The molecule has 3 N–H and O–H groups in total. The topological polar surface area (TPSA) is 95.4 Å². The lowest BCUT2D eigenvalue weighted by atomic mass is 9.92. The number of anilines is 1. The molecule has 0 saturated heterocycles. The molecule has 1 atom stereocenters. The molecule has 7 nitrogen and oxygen atoms in total. The fourth-order valence-electron chi connectivity index (χ4n) is 2.89. The average Bonchev–Trinajstić information content (AvgIpc) is 2.90. The van der Waals surface area contributed by atoms with Crippen LogP contribution in [0.3, 0.4) is 0 Å². The van der Waals surface area contributed by atoms with Crippen molar-refractivity contribution in [2.45, 2.75) is 40.8 Å². The quantitative estimate of drug-likeness (QED) is 0.763. The van der Waals surface area contributed by atoms with Gasteiger partial charge in [-0.25, -0.2) is 9.97 Å². The van der Waals surface area contributed by atoms with Gasteiger partial charge in [0, 0.05) is 31.4 Å². The first kappa shape index (κ1) is 18.6. The smallest absolute Gasteiger partial charge is 0.151 e. The van der Waals surface area contributed by atoms with E-state index in [-0.39, 0.29) is 6.61 Å². The van der Waals surface area contributed by atoms with Crippen LogP contribution in [0.1, 0.15) is 30.9 Å². The molecule has 0 bridgehead atoms. The lowest BCUT2D eigenvalue weighted by Gasteiger charge is -2.28. The molecule has 134 valence electrons. The van der Waals surface area contributed by atoms with Crippen molar-refractivity contribution >= 4 is 16.9 Å². The fourth-order valence-corrected chi connectivity index (χ4v) is 2.89. The first-order chi connectivity index (χ1) is 11.4. The van der Waals surface area contributed by atoms with Gasteiger partial charge in [-0.05, 0) is 26.3 Å². The largest absolute Gasteiger partial charge is 0.396 e. The van der Waals surface area contributed by atoms with Crippen molar-refractivity contribution in [1.82, 2.24) is 14.5 Å². The van der Waals surface area contributed by atoms with Gasteiger partial charge in [0.05, 0.1) is 18.7 Å². The molecular weight excluding hydrogens is 308 g/mol. The van der Waals surface area contributed by atoms with Gasteiger partial charge in [0.1, 0.15) is 17.9 Å². The van der Waals surface area contributed by atoms with E-state index in [0.29, 0.717) is 37.7 Å². The van der Waals surface area contributed by atoms with E-state index >= 15 is 0 Å². The Hall–Kier alpha value is -1.70. The molecule has 2 rings (SSSR count). The van der Waals surface area contributed by atoms with E-state index in [0.717, 1.165) is 22.6 Å². The lowest BCUT2D eigenvalue weighted by Crippen LogP contribution is -2.33. The summed E-state index contributed by atoms with van der Waals surface area (Å²) >= 11 is 0. The molecule has 0 saturated carbocycles. The predicted octanol–water partition coefficient (Wildman–Crippen LogP) is 1.81. The molecule has 0 amide bonds. The number of ether oxygens (including phenoxy) is 2. The third-order valence-corrected chi connectivity index (χ3v) is 4.32. The van der Waals surface area contributed by atoms with Crippen molar-refractivity contribution in [3.05, 3.63) is 17.1 Å². The van der Waals surface area contributed by atoms with Gasteiger partial charge in [-0.1, -0.05) is 6.92 Å². The Morgan fingerprint density at radius 3 is 2.58 bits per heavy atom. The van der Waals surface area contributed by atoms with Gasteiger partial charge in [-0.15, -0.1) is 0 Å². The van der Waals surface area contributed by atoms with Crippen molar-refractivity contribution in [1.29, 1.82) is 0 Å². The summed E-state index contributed by atoms with van der Waals surface area (Å²) in [7, 11) is 1.64. The number of aliphatic hydroxyl groups excluding tert-OH is 1. The minimum atomic E-state index is -0.429. The van der Waals surface area contributed by atoms with Crippen LogP contribution in [-0.2, 0) is 22.6 Å². The van der Waals surface area contributed by atoms with Gasteiger partial charge >= 0.3 is 0 Å². The second-order valence-electron chi connectivity index (χ2n) is 6.56. The Kier molecular flexibility index (Phi) is 5.79. The number of imidazole rings is 1. The number of aryl methyl sites for hydroxylation is 2. The molecule has 0 aromatic carbocycles. The number of hydrogen-bond acceptors (Lipinski definition) is 6. The molecule has 2 heterocycles. The van der Waals surface area contributed by atoms with E-state index in [9.17, 15) is 5.11 Å². The molecule has 0 aliphatic carbocycles. The highest BCUT2D eigenvalue weighted by Gasteiger charge is 2.28. The SMILES string of the molecule is CCOCc1nc2c(N)nc(C)c(C)c2n1CC(C)(CO)COC. The van der Waals surface area contributed by atoms with Crippen molar-refractivity contribution in [3.63, 3.8) is 0 Å². The molecule has 0 aliphatic heterocycles. The first-order valence-corrected chi connectivity index (χ1v) is 8.16. The second-order valence-corrected chi connectivity index (χ2v) is 6.56. The number of aliphatic hydroxyl groups is 1. The normalized spacial score (nSPS) is 14.2. The number of nitrogen functional groups attached to an aromatic ring is 1. The Labute approximate surface area is 142 Å². The molecule has 0 radical (unpaired) electrons. The van der Waals surface area contributed by atoms with Crippen LogP contribution in [0.25, 0.3) is 11.0 Å². The van der Waals surface area contributed by atoms with Crippen molar-refractivity contribution in [2.24, 2.45) is 5.41 Å². The lowest BCUT2D eigenvalue weighted by molar-refractivity contribution is 0.0289. The van der Waals surface area contributed by atoms with Gasteiger partial charge in [0.15, 0.2) is 5.82 Å². The van der Waals surface area contributed by atoms with E-state index in [1.807, 2.05) is 27.7 Å². The van der Waals surface area contributed by atoms with Crippen LogP contribution < -0.4 is 5.73 Å². The maximum atomic E-state index is 9.85. The van der Waals surface area contributed by atoms with Gasteiger partial charge in [-0.2, -0.15) is 0 Å². The maximum absolute atomic E-state index is 9.85. The number of nitrogens with zero attached hydrogens (tertiary/aromatic N) is 3. The number of pyridine rings is 1. The van der Waals surface area contributed by atoms with Crippen LogP contribution in [0.2, 0.25) is 0 Å². The number of aromatic nitrogens is 3. The zero-order valence-corrected chi connectivity index (χ0v) is 15.2. The zero-order chi connectivity index (χ0) is 17.9. The monoisotopic (exact) mass is 336 g/mol. The van der Waals surface area contributed by atoms with Gasteiger partial charge in [-0.3, -0.25) is 0 Å². The molecule has 0 fully saturated rings. The summed E-state index contributed by atoms with van der Waals surface area (Å²) in [5.41, 5.74) is 9.21. The van der Waals surface area contributed by atoms with E-state index in [1.165, 1.54) is 0 Å². The summed E-state index contributed by atoms with van der Waals surface area (Å²) in [5.74, 6) is 1.20. The fraction of sp³-hybridized carbons (Fsp3) is 0.647. The van der Waals surface area contributed by atoms with Crippen molar-refractivity contribution in [3.8, 4) is 0 Å². The molecule has 7 heteroatoms. The van der Waals surface area contributed by atoms with E-state index in [1.54, 1.807) is 7.11 Å². The van der Waals surface area contributed by atoms with Gasteiger partial charge in [0.25, 0.3) is 0 Å². The molecule has 0 spiro atoms. The number of nitrogens with two attached hydrogens (primary N) is 1. The van der Waals surface area contributed by atoms with Crippen molar-refractivity contribution in [2.75, 3.05) is 32.7 Å². The van der Waals surface area contributed by atoms with Crippen LogP contribution in [0.5, 0.6) is 0 Å². The first-order valence-electron chi connectivity index (χ1n) is 8.16. The second kappa shape index (κ2) is 7.46. The zero-order valence-electron chi connectivity index (χ0n) is 15.2. The molecular formula is C17H28N4O3. The summed E-state index contributed by atoms with van der Waals surface area (Å²) in [5, 5.41) is 9.85. The summed E-state index contributed by atoms with van der Waals surface area (Å²) < 4.78 is 12.9. The minimum absolute atomic E-state index is 0.00713. The highest BCUT2D eigenvalue weighted by Crippen LogP contribution is 2.30. The predicted molar refractivity (Wildman–Crippen MR) is 93.8 cm³/mol. The molecule has 1 unspecified atom stereocenters. The molecule has 2 aromatic heterocycles. The van der Waals surface area contributed by atoms with E-state index in [4.69, 9.17) is 15.2 Å². The van der Waals surface area contributed by atoms with Crippen molar-refractivity contribution < 1.29 is 14.6 Å². The standard InChI is InChI=1S/C17H28N4O3/c1-6-24-7-13-20-14-15(11(2)12(3)19-16(14)18)21(13)8-17(4,9-22)10-23-5/h22H,6-10H2,1-5H3,(H2,18,19). The third-order valence-electron chi connectivity index (χ3n) is 4.32. The van der Waals surface area contributed by atoms with Crippen LogP contribution >= 0.6 is 0 Å². The summed E-state index contributed by atoms with van der Waals surface area (Å²) in [6, 6.07) is 0. The number of methoxy groups -OCH3 is 1.